The molecule has 1 aliphatic heterocycles. The molecule has 5 aromatic carbocycles. The normalized spacial score (nSPS) is 20.0. The van der Waals surface area contributed by atoms with Crippen molar-refractivity contribution in [1.82, 2.24) is 4.57 Å². The Kier molecular flexibility index (Phi) is 6.38. The molecule has 1 N–H and O–H groups in total. The van der Waals surface area contributed by atoms with Crippen molar-refractivity contribution in [2.75, 3.05) is 5.32 Å². The Bertz CT molecular complexity index is 2950. The lowest BCUT2D eigenvalue weighted by Gasteiger charge is -2.24. The Morgan fingerprint density at radius 1 is 0.704 bits per heavy atom. The predicted octanol–water partition coefficient (Wildman–Crippen LogP) is 13.7. The van der Waals surface area contributed by atoms with Crippen molar-refractivity contribution in [3.05, 3.63) is 167 Å². The molecule has 0 radical (unpaired) electrons. The van der Waals surface area contributed by atoms with Crippen LogP contribution in [0.25, 0.3) is 70.7 Å². The van der Waals surface area contributed by atoms with Gasteiger partial charge in [0.2, 0.25) is 0 Å². The van der Waals surface area contributed by atoms with Crippen LogP contribution in [-0.2, 0) is 11.8 Å². The van der Waals surface area contributed by atoms with E-state index in [0.29, 0.717) is 5.92 Å². The Labute approximate surface area is 320 Å². The maximum Gasteiger partial charge on any atom is 0.0597 e. The number of thiophene rings is 1. The number of hydrogen-bond acceptors (Lipinski definition) is 2. The number of anilines is 1. The highest BCUT2D eigenvalue weighted by atomic mass is 32.1. The quantitative estimate of drug-likeness (QED) is 0.193. The first-order valence-electron chi connectivity index (χ1n) is 19.6. The highest BCUT2D eigenvalue weighted by Gasteiger charge is 2.38. The summed E-state index contributed by atoms with van der Waals surface area (Å²) in [4.78, 5) is 0. The van der Waals surface area contributed by atoms with Gasteiger partial charge in [-0.25, -0.2) is 0 Å². The third kappa shape index (κ3) is 4.28. The van der Waals surface area contributed by atoms with Crippen molar-refractivity contribution in [1.29, 1.82) is 0 Å². The van der Waals surface area contributed by atoms with Crippen LogP contribution >= 0.6 is 11.3 Å². The molecule has 12 rings (SSSR count). The van der Waals surface area contributed by atoms with Crippen LogP contribution in [0, 0.1) is 0 Å². The Morgan fingerprint density at radius 2 is 1.48 bits per heavy atom. The van der Waals surface area contributed by atoms with Gasteiger partial charge in [-0.15, -0.1) is 11.3 Å². The molecule has 0 saturated carbocycles. The summed E-state index contributed by atoms with van der Waals surface area (Å²) < 4.78 is 5.29. The maximum absolute atomic E-state index is 3.87. The molecular weight excluding hydrogens is 673 g/mol. The molecule has 260 valence electrons. The zero-order valence-corrected chi connectivity index (χ0v) is 31.4. The molecule has 0 fully saturated rings. The molecule has 0 spiro atoms. The van der Waals surface area contributed by atoms with Gasteiger partial charge in [-0.2, -0.15) is 0 Å². The van der Waals surface area contributed by atoms with Gasteiger partial charge in [-0.3, -0.25) is 0 Å². The molecule has 4 aliphatic carbocycles. The summed E-state index contributed by atoms with van der Waals surface area (Å²) in [6.45, 7) is 4.83. The average Bonchev–Trinajstić information content (AvgIpc) is 3.94. The number of nitrogens with zero attached hydrogens (tertiary/aromatic N) is 1. The molecule has 0 amide bonds. The second-order valence-electron chi connectivity index (χ2n) is 16.3. The van der Waals surface area contributed by atoms with E-state index in [-0.39, 0.29) is 11.5 Å². The van der Waals surface area contributed by atoms with Gasteiger partial charge >= 0.3 is 0 Å². The third-order valence-corrected chi connectivity index (χ3v) is 14.2. The SMILES string of the molecule is CC1(C)C2=C(CCC=C2)c2ccc(-c3cc(-c4ccc5c(c4)sc4ccccc45)cc(-n4c5c(c6ccc7c(c64)C4C=CC=CC4N7)CCC=C5)c3)cc21. The topological polar surface area (TPSA) is 17.0 Å². The molecule has 54 heavy (non-hydrogen) atoms. The number of allylic oxidation sites excluding steroid dienone is 7. The summed E-state index contributed by atoms with van der Waals surface area (Å²) >= 11 is 1.90. The van der Waals surface area contributed by atoms with Crippen LogP contribution in [0.5, 0.6) is 0 Å². The minimum absolute atomic E-state index is 0.0171. The van der Waals surface area contributed by atoms with Crippen LogP contribution in [0.4, 0.5) is 5.69 Å². The second kappa shape index (κ2) is 11.2. The number of rotatable bonds is 3. The van der Waals surface area contributed by atoms with Gasteiger partial charge < -0.3 is 9.88 Å². The number of fused-ring (bicyclic) bond motifs is 12. The highest BCUT2D eigenvalue weighted by Crippen LogP contribution is 2.52. The van der Waals surface area contributed by atoms with Crippen LogP contribution in [0.3, 0.4) is 0 Å². The second-order valence-corrected chi connectivity index (χ2v) is 17.4. The summed E-state index contributed by atoms with van der Waals surface area (Å²) in [6, 6.07) is 35.6. The molecule has 2 atom stereocenters. The zero-order chi connectivity index (χ0) is 35.7. The first-order chi connectivity index (χ1) is 26.5. The fraction of sp³-hybridized carbons (Fsp3) is 0.176. The smallest absolute Gasteiger partial charge is 0.0597 e. The number of aryl methyl sites for hydroxylation is 1. The van der Waals surface area contributed by atoms with Gasteiger partial charge in [0.05, 0.1) is 11.6 Å². The van der Waals surface area contributed by atoms with Crippen molar-refractivity contribution >= 4 is 59.7 Å². The monoisotopic (exact) mass is 712 g/mol. The van der Waals surface area contributed by atoms with E-state index in [1.54, 1.807) is 5.57 Å². The molecule has 2 nitrogen and oxygen atoms in total. The van der Waals surface area contributed by atoms with Crippen molar-refractivity contribution in [2.24, 2.45) is 0 Å². The van der Waals surface area contributed by atoms with Crippen molar-refractivity contribution in [3.63, 3.8) is 0 Å². The Hall–Kier alpha value is -5.64. The Morgan fingerprint density at radius 3 is 2.41 bits per heavy atom. The fourth-order valence-electron chi connectivity index (χ4n) is 10.4. The molecule has 0 bridgehead atoms. The number of hydrogen-bond donors (Lipinski definition) is 1. The zero-order valence-electron chi connectivity index (χ0n) is 30.6. The highest BCUT2D eigenvalue weighted by molar-refractivity contribution is 7.25. The number of nitrogens with one attached hydrogen (secondary N) is 1. The van der Waals surface area contributed by atoms with Crippen LogP contribution < -0.4 is 5.32 Å². The van der Waals surface area contributed by atoms with E-state index < -0.39 is 0 Å². The average molecular weight is 713 g/mol. The summed E-state index contributed by atoms with van der Waals surface area (Å²) in [5.41, 5.74) is 19.0. The minimum atomic E-state index is -0.0171. The summed E-state index contributed by atoms with van der Waals surface area (Å²) in [5.74, 6) is 0.303. The fourth-order valence-corrected chi connectivity index (χ4v) is 11.6. The maximum atomic E-state index is 3.87. The van der Waals surface area contributed by atoms with Crippen molar-refractivity contribution in [2.45, 2.75) is 56.9 Å². The largest absolute Gasteiger partial charge is 0.378 e. The lowest BCUT2D eigenvalue weighted by atomic mass is 9.79. The molecule has 7 aromatic rings. The molecule has 0 saturated heterocycles. The lowest BCUT2D eigenvalue weighted by Crippen LogP contribution is -2.17. The van der Waals surface area contributed by atoms with Crippen LogP contribution in [0.1, 0.15) is 67.0 Å². The van der Waals surface area contributed by atoms with E-state index in [4.69, 9.17) is 0 Å². The van der Waals surface area contributed by atoms with Gasteiger partial charge in [0.15, 0.2) is 0 Å². The summed E-state index contributed by atoms with van der Waals surface area (Å²) in [5, 5.41) is 7.94. The van der Waals surface area contributed by atoms with Crippen LogP contribution in [0.2, 0.25) is 0 Å². The van der Waals surface area contributed by atoms with Crippen molar-refractivity contribution < 1.29 is 0 Å². The molecular formula is C51H40N2S. The summed E-state index contributed by atoms with van der Waals surface area (Å²) in [7, 11) is 0. The van der Waals surface area contributed by atoms with E-state index in [9.17, 15) is 0 Å². The van der Waals surface area contributed by atoms with Crippen LogP contribution in [0.15, 0.2) is 139 Å². The summed E-state index contributed by atoms with van der Waals surface area (Å²) in [6.07, 6.45) is 23.0. The van der Waals surface area contributed by atoms with Gasteiger partial charge in [-0.1, -0.05) is 105 Å². The molecule has 3 heterocycles. The van der Waals surface area contributed by atoms with E-state index in [1.165, 1.54) is 98.2 Å². The first kappa shape index (κ1) is 30.8. The predicted molar refractivity (Wildman–Crippen MR) is 231 cm³/mol. The third-order valence-electron chi connectivity index (χ3n) is 13.0. The minimum Gasteiger partial charge on any atom is -0.378 e. The first-order valence-corrected chi connectivity index (χ1v) is 20.4. The Balaban J connectivity index is 1.12. The van der Waals surface area contributed by atoms with Gasteiger partial charge in [0, 0.05) is 59.5 Å². The lowest BCUT2D eigenvalue weighted by molar-refractivity contribution is 0.651. The van der Waals surface area contributed by atoms with Gasteiger partial charge in [-0.05, 0) is 124 Å². The molecule has 5 aliphatic rings. The van der Waals surface area contributed by atoms with E-state index >= 15 is 0 Å². The van der Waals surface area contributed by atoms with Gasteiger partial charge in [0.25, 0.3) is 0 Å². The molecule has 3 heteroatoms. The molecule has 2 unspecified atom stereocenters. The van der Waals surface area contributed by atoms with E-state index in [1.807, 2.05) is 11.3 Å². The van der Waals surface area contributed by atoms with E-state index in [2.05, 4.69) is 163 Å². The van der Waals surface area contributed by atoms with E-state index in [0.717, 1.165) is 25.7 Å². The van der Waals surface area contributed by atoms with Gasteiger partial charge in [0.1, 0.15) is 0 Å². The number of benzene rings is 5. The standard InChI is InChI=1S/C51H40N2S/c1-51(2)42-15-7-3-11-35(42)36-21-19-30(28-43(36)51)32-25-33(31-20-22-39-38-13-6-10-18-47(38)54-48(39)29-31)27-34(26-32)53-46-17-9-5-12-37(46)40-23-24-45-49(50(40)53)41-14-4-8-16-44(41)52-45/h4,6-10,13-29,41,44,52H,3,5,11-12H2,1-2H3. The van der Waals surface area contributed by atoms with Crippen LogP contribution in [-0.4, -0.2) is 10.6 Å². The number of aromatic nitrogens is 1. The molecule has 2 aromatic heterocycles. The van der Waals surface area contributed by atoms with Crippen molar-refractivity contribution in [3.8, 4) is 27.9 Å².